The maximum Gasteiger partial charge on any atom is 0.407 e. The molecule has 0 spiro atoms. The van der Waals surface area contributed by atoms with Gasteiger partial charge >= 0.3 is 6.09 Å². The quantitative estimate of drug-likeness (QED) is 0.717. The Balaban J connectivity index is 2.28. The zero-order valence-corrected chi connectivity index (χ0v) is 11.6. The van der Waals surface area contributed by atoms with Crippen molar-refractivity contribution in [2.24, 2.45) is 11.3 Å². The third kappa shape index (κ3) is 5.54. The van der Waals surface area contributed by atoms with Crippen LogP contribution in [-0.4, -0.2) is 30.0 Å². The number of nitrogens with one attached hydrogen (secondary N) is 1. The minimum atomic E-state index is -0.421. The van der Waals surface area contributed by atoms with Crippen LogP contribution in [0.15, 0.2) is 12.7 Å². The standard InChI is InChI=1S/C14H25NO3/c1-5-6-10-7-12(10)18-13(17)15-11(9-16)8-14(2,3)4/h5,10-12,16H,1,6-9H2,2-4H3,(H,15,17)/t10-,11+,12-/m1/s1. The molecule has 0 bridgehead atoms. The zero-order valence-electron chi connectivity index (χ0n) is 11.6. The number of ether oxygens (including phenoxy) is 1. The van der Waals surface area contributed by atoms with Crippen LogP contribution in [0.1, 0.15) is 40.0 Å². The van der Waals surface area contributed by atoms with Crippen LogP contribution in [0.25, 0.3) is 0 Å². The molecule has 1 saturated carbocycles. The molecule has 0 radical (unpaired) electrons. The molecule has 0 aromatic heterocycles. The molecule has 0 heterocycles. The van der Waals surface area contributed by atoms with Gasteiger partial charge in [-0.1, -0.05) is 26.8 Å². The van der Waals surface area contributed by atoms with Crippen LogP contribution in [0.5, 0.6) is 0 Å². The van der Waals surface area contributed by atoms with Crippen molar-refractivity contribution in [3.05, 3.63) is 12.7 Å². The van der Waals surface area contributed by atoms with Gasteiger partial charge in [-0.3, -0.25) is 0 Å². The number of rotatable bonds is 6. The molecule has 0 unspecified atom stereocenters. The summed E-state index contributed by atoms with van der Waals surface area (Å²) < 4.78 is 5.26. The predicted octanol–water partition coefficient (Wildman–Crippen LogP) is 2.47. The van der Waals surface area contributed by atoms with E-state index in [4.69, 9.17) is 4.74 Å². The van der Waals surface area contributed by atoms with Crippen LogP contribution in [-0.2, 0) is 4.74 Å². The Morgan fingerprint density at radius 2 is 2.28 bits per heavy atom. The van der Waals surface area contributed by atoms with Crippen LogP contribution in [0.2, 0.25) is 0 Å². The second kappa shape index (κ2) is 6.23. The maximum absolute atomic E-state index is 11.6. The summed E-state index contributed by atoms with van der Waals surface area (Å²) in [6.45, 7) is 9.82. The van der Waals surface area contributed by atoms with Gasteiger partial charge in [0.05, 0.1) is 12.6 Å². The van der Waals surface area contributed by atoms with E-state index in [1.54, 1.807) is 0 Å². The van der Waals surface area contributed by atoms with Gasteiger partial charge < -0.3 is 15.2 Å². The molecule has 0 aliphatic heterocycles. The summed E-state index contributed by atoms with van der Waals surface area (Å²) in [5, 5.41) is 12.0. The van der Waals surface area contributed by atoms with E-state index in [-0.39, 0.29) is 24.2 Å². The van der Waals surface area contributed by atoms with Crippen LogP contribution in [0.4, 0.5) is 4.79 Å². The molecule has 1 aliphatic carbocycles. The fourth-order valence-electron chi connectivity index (χ4n) is 2.06. The Labute approximate surface area is 109 Å². The highest BCUT2D eigenvalue weighted by Gasteiger charge is 2.39. The van der Waals surface area contributed by atoms with E-state index in [1.807, 2.05) is 6.08 Å². The van der Waals surface area contributed by atoms with E-state index in [1.165, 1.54) is 0 Å². The summed E-state index contributed by atoms with van der Waals surface area (Å²) in [6.07, 6.45) is 3.99. The summed E-state index contributed by atoms with van der Waals surface area (Å²) in [5.41, 5.74) is 0.0611. The normalized spacial score (nSPS) is 24.2. The van der Waals surface area contributed by atoms with Gasteiger partial charge in [-0.25, -0.2) is 4.79 Å². The fraction of sp³-hybridized carbons (Fsp3) is 0.786. The van der Waals surface area contributed by atoms with E-state index in [0.717, 1.165) is 19.3 Å². The van der Waals surface area contributed by atoms with Gasteiger partial charge in [-0.15, -0.1) is 6.58 Å². The molecule has 1 fully saturated rings. The van der Waals surface area contributed by atoms with Gasteiger partial charge in [0.2, 0.25) is 0 Å². The molecule has 3 atom stereocenters. The van der Waals surface area contributed by atoms with Gasteiger partial charge in [0.15, 0.2) is 0 Å². The molecule has 0 aromatic rings. The average molecular weight is 255 g/mol. The van der Waals surface area contributed by atoms with E-state index in [2.05, 4.69) is 32.7 Å². The van der Waals surface area contributed by atoms with Crippen molar-refractivity contribution in [1.82, 2.24) is 5.32 Å². The second-order valence-electron chi connectivity index (χ2n) is 6.25. The summed E-state index contributed by atoms with van der Waals surface area (Å²) in [7, 11) is 0. The van der Waals surface area contributed by atoms with Gasteiger partial charge in [-0.2, -0.15) is 0 Å². The lowest BCUT2D eigenvalue weighted by molar-refractivity contribution is 0.118. The first-order valence-corrected chi connectivity index (χ1v) is 6.54. The lowest BCUT2D eigenvalue weighted by atomic mass is 9.88. The largest absolute Gasteiger partial charge is 0.446 e. The van der Waals surface area contributed by atoms with Crippen LogP contribution < -0.4 is 5.32 Å². The SMILES string of the molecule is C=CC[C@@H]1C[C@H]1OC(=O)N[C@H](CO)CC(C)(C)C. The number of aliphatic hydroxyl groups excluding tert-OH is 1. The number of amides is 1. The molecule has 1 rings (SSSR count). The molecule has 1 amide bonds. The zero-order chi connectivity index (χ0) is 13.8. The van der Waals surface area contributed by atoms with E-state index < -0.39 is 6.09 Å². The molecular formula is C14H25NO3. The lowest BCUT2D eigenvalue weighted by Crippen LogP contribution is -2.40. The Morgan fingerprint density at radius 1 is 1.61 bits per heavy atom. The lowest BCUT2D eigenvalue weighted by Gasteiger charge is -2.25. The molecule has 2 N–H and O–H groups in total. The van der Waals surface area contributed by atoms with Crippen molar-refractivity contribution < 1.29 is 14.6 Å². The van der Waals surface area contributed by atoms with Gasteiger partial charge in [0.1, 0.15) is 6.10 Å². The van der Waals surface area contributed by atoms with Crippen molar-refractivity contribution in [3.63, 3.8) is 0 Å². The van der Waals surface area contributed by atoms with Crippen molar-refractivity contribution in [3.8, 4) is 0 Å². The van der Waals surface area contributed by atoms with Crippen LogP contribution in [0.3, 0.4) is 0 Å². The average Bonchev–Trinajstić information content (AvgIpc) is 2.93. The molecule has 104 valence electrons. The maximum atomic E-state index is 11.6. The van der Waals surface area contributed by atoms with E-state index in [0.29, 0.717) is 5.92 Å². The smallest absolute Gasteiger partial charge is 0.407 e. The topological polar surface area (TPSA) is 58.6 Å². The molecule has 18 heavy (non-hydrogen) atoms. The Kier molecular flexibility index (Phi) is 5.20. The summed E-state index contributed by atoms with van der Waals surface area (Å²) >= 11 is 0. The predicted molar refractivity (Wildman–Crippen MR) is 71.3 cm³/mol. The number of hydrogen-bond donors (Lipinski definition) is 2. The highest BCUT2D eigenvalue weighted by Crippen LogP contribution is 2.36. The first kappa shape index (κ1) is 15.0. The van der Waals surface area contributed by atoms with Gasteiger partial charge in [0.25, 0.3) is 0 Å². The van der Waals surface area contributed by atoms with Crippen LogP contribution in [0, 0.1) is 11.3 Å². The number of carbonyl (C=O) groups is 1. The van der Waals surface area contributed by atoms with Gasteiger partial charge in [0, 0.05) is 5.92 Å². The van der Waals surface area contributed by atoms with E-state index >= 15 is 0 Å². The third-order valence-corrected chi connectivity index (χ3v) is 2.99. The third-order valence-electron chi connectivity index (χ3n) is 2.99. The number of allylic oxidation sites excluding steroid dienone is 1. The molecular weight excluding hydrogens is 230 g/mol. The van der Waals surface area contributed by atoms with Crippen molar-refractivity contribution in [2.45, 2.75) is 52.2 Å². The van der Waals surface area contributed by atoms with Crippen molar-refractivity contribution in [1.29, 1.82) is 0 Å². The summed E-state index contributed by atoms with van der Waals surface area (Å²) in [4.78, 5) is 11.6. The minimum Gasteiger partial charge on any atom is -0.446 e. The molecule has 0 aromatic carbocycles. The number of carbonyl (C=O) groups excluding carboxylic acids is 1. The Morgan fingerprint density at radius 3 is 2.78 bits per heavy atom. The fourth-order valence-corrected chi connectivity index (χ4v) is 2.06. The monoisotopic (exact) mass is 255 g/mol. The molecule has 4 nitrogen and oxygen atoms in total. The van der Waals surface area contributed by atoms with Crippen molar-refractivity contribution in [2.75, 3.05) is 6.61 Å². The molecule has 4 heteroatoms. The Hall–Kier alpha value is -1.03. The second-order valence-corrected chi connectivity index (χ2v) is 6.25. The number of hydrogen-bond acceptors (Lipinski definition) is 3. The van der Waals surface area contributed by atoms with Gasteiger partial charge in [-0.05, 0) is 24.7 Å². The highest BCUT2D eigenvalue weighted by atomic mass is 16.6. The Bertz CT molecular complexity index is 296. The summed E-state index contributed by atoms with van der Waals surface area (Å²) in [6, 6.07) is -0.242. The minimum absolute atomic E-state index is 0.0250. The summed E-state index contributed by atoms with van der Waals surface area (Å²) in [5.74, 6) is 0.434. The first-order chi connectivity index (χ1) is 8.35. The highest BCUT2D eigenvalue weighted by molar-refractivity contribution is 5.68. The van der Waals surface area contributed by atoms with Crippen LogP contribution >= 0.6 is 0 Å². The molecule has 0 saturated heterocycles. The van der Waals surface area contributed by atoms with E-state index in [9.17, 15) is 9.90 Å². The number of aliphatic hydroxyl groups is 1. The molecule has 1 aliphatic rings. The first-order valence-electron chi connectivity index (χ1n) is 6.54. The van der Waals surface area contributed by atoms with Crippen molar-refractivity contribution >= 4 is 6.09 Å². The number of alkyl carbamates (subject to hydrolysis) is 1.